The zero-order valence-corrected chi connectivity index (χ0v) is 26.3. The molecule has 1 heterocycles. The third kappa shape index (κ3) is 14.9. The Hall–Kier alpha value is -5.27. The highest BCUT2D eigenvalue weighted by Gasteiger charge is 1.99. The third-order valence-corrected chi connectivity index (χ3v) is 6.59. The van der Waals surface area contributed by atoms with Gasteiger partial charge in [0, 0.05) is 35.0 Å². The van der Waals surface area contributed by atoms with Crippen molar-refractivity contribution in [3.05, 3.63) is 115 Å². The van der Waals surface area contributed by atoms with Crippen LogP contribution in [-0.2, 0) is 19.1 Å². The molecular weight excluding hydrogens is 578 g/mol. The van der Waals surface area contributed by atoms with Crippen LogP contribution in [0.1, 0.15) is 73.8 Å². The molecule has 1 aromatic heterocycles. The summed E-state index contributed by atoms with van der Waals surface area (Å²) in [5.41, 5.74) is 3.25. The monoisotopic (exact) mass is 619 g/mol. The zero-order valence-electron chi connectivity index (χ0n) is 26.3. The lowest BCUT2D eigenvalue weighted by molar-refractivity contribution is -0.138. The van der Waals surface area contributed by atoms with Gasteiger partial charge in [0.05, 0.1) is 26.4 Å². The highest BCUT2D eigenvalue weighted by Crippen LogP contribution is 2.14. The van der Waals surface area contributed by atoms with E-state index in [1.165, 1.54) is 12.2 Å². The molecule has 0 unspecified atom stereocenters. The SMILES string of the molecule is C=CC(=O)OCCCCCCOc1ccc(C#Cc2ccc(C#Cc3ccc(OCCCCCCOC(=O)C=C)cc3)nc2)cc1. The first-order chi connectivity index (χ1) is 22.6. The van der Waals surface area contributed by atoms with E-state index in [1.54, 1.807) is 6.20 Å². The summed E-state index contributed by atoms with van der Waals surface area (Å²) in [5.74, 6) is 13.4. The molecular formula is C39H41NO6. The minimum atomic E-state index is -0.374. The standard InChI is InChI=1S/C39H41NO6/c1-3-38(41)45-29-11-7-5-9-27-43-36-23-17-32(18-24-36)13-14-34-16-22-35(40-31-34)21-15-33-19-25-37(26-20-33)44-28-10-6-8-12-30-46-39(42)4-2/h3-4,16-20,22-26,31H,1-2,5-12,27-30H2. The summed E-state index contributed by atoms with van der Waals surface area (Å²) >= 11 is 0. The number of carbonyl (C=O) groups excluding carboxylic acids is 2. The molecule has 0 fully saturated rings. The summed E-state index contributed by atoms with van der Waals surface area (Å²) in [6, 6.07) is 19.2. The van der Waals surface area contributed by atoms with Gasteiger partial charge in [-0.1, -0.05) is 30.9 Å². The quantitative estimate of drug-likeness (QED) is 0.0644. The van der Waals surface area contributed by atoms with Crippen molar-refractivity contribution in [3.63, 3.8) is 0 Å². The van der Waals surface area contributed by atoms with Gasteiger partial charge in [-0.15, -0.1) is 0 Å². The molecule has 2 aromatic carbocycles. The Morgan fingerprint density at radius 2 is 0.957 bits per heavy atom. The average molecular weight is 620 g/mol. The second-order valence-corrected chi connectivity index (χ2v) is 10.2. The number of unbranched alkanes of at least 4 members (excludes halogenated alkanes) is 6. The van der Waals surface area contributed by atoms with Crippen LogP contribution in [0.4, 0.5) is 0 Å². The first-order valence-electron chi connectivity index (χ1n) is 15.6. The summed E-state index contributed by atoms with van der Waals surface area (Å²) in [4.78, 5) is 26.4. The molecule has 0 aliphatic heterocycles. The lowest BCUT2D eigenvalue weighted by atomic mass is 10.2. The number of aromatic nitrogens is 1. The van der Waals surface area contributed by atoms with E-state index in [9.17, 15) is 9.59 Å². The second-order valence-electron chi connectivity index (χ2n) is 10.2. The van der Waals surface area contributed by atoms with Gasteiger partial charge < -0.3 is 18.9 Å². The average Bonchev–Trinajstić information content (AvgIpc) is 3.09. The van der Waals surface area contributed by atoms with Crippen LogP contribution in [0.2, 0.25) is 0 Å². The summed E-state index contributed by atoms with van der Waals surface area (Å²) in [7, 11) is 0. The molecule has 0 aliphatic rings. The van der Waals surface area contributed by atoms with Crippen LogP contribution < -0.4 is 9.47 Å². The fourth-order valence-corrected chi connectivity index (χ4v) is 4.05. The molecule has 0 atom stereocenters. The van der Waals surface area contributed by atoms with Gasteiger partial charge in [-0.25, -0.2) is 14.6 Å². The van der Waals surface area contributed by atoms with Gasteiger partial charge in [0.2, 0.25) is 0 Å². The molecule has 0 N–H and O–H groups in total. The molecule has 7 heteroatoms. The second kappa shape index (κ2) is 21.4. The number of esters is 2. The Morgan fingerprint density at radius 1 is 0.543 bits per heavy atom. The first kappa shape index (κ1) is 35.2. The van der Waals surface area contributed by atoms with Crippen molar-refractivity contribution < 1.29 is 28.5 Å². The van der Waals surface area contributed by atoms with Crippen LogP contribution in [0.5, 0.6) is 11.5 Å². The molecule has 0 saturated carbocycles. The Balaban J connectivity index is 1.32. The maximum atomic E-state index is 11.0. The predicted octanol–water partition coefficient (Wildman–Crippen LogP) is 7.22. The molecule has 0 radical (unpaired) electrons. The van der Waals surface area contributed by atoms with Gasteiger partial charge in [0.1, 0.15) is 17.2 Å². The maximum Gasteiger partial charge on any atom is 0.330 e. The van der Waals surface area contributed by atoms with E-state index in [4.69, 9.17) is 18.9 Å². The van der Waals surface area contributed by atoms with Crippen molar-refractivity contribution in [2.45, 2.75) is 51.4 Å². The van der Waals surface area contributed by atoms with Gasteiger partial charge in [-0.3, -0.25) is 0 Å². The van der Waals surface area contributed by atoms with Crippen molar-refractivity contribution >= 4 is 11.9 Å². The fraction of sp³-hybridized carbons (Fsp3) is 0.308. The van der Waals surface area contributed by atoms with Crippen LogP contribution >= 0.6 is 0 Å². The van der Waals surface area contributed by atoms with Crippen molar-refractivity contribution in [2.24, 2.45) is 0 Å². The van der Waals surface area contributed by atoms with Gasteiger partial charge in [-0.2, -0.15) is 0 Å². The normalized spacial score (nSPS) is 9.91. The van der Waals surface area contributed by atoms with Crippen LogP contribution in [0.15, 0.2) is 92.2 Å². The highest BCUT2D eigenvalue weighted by molar-refractivity contribution is 5.81. The van der Waals surface area contributed by atoms with Crippen molar-refractivity contribution in [1.29, 1.82) is 0 Å². The Morgan fingerprint density at radius 3 is 1.39 bits per heavy atom. The zero-order chi connectivity index (χ0) is 32.7. The Bertz CT molecular complexity index is 1390. The fourth-order valence-electron chi connectivity index (χ4n) is 4.05. The number of benzene rings is 2. The Labute approximate surface area is 272 Å². The molecule has 0 saturated heterocycles. The van der Waals surface area contributed by atoms with Crippen LogP contribution in [0, 0.1) is 23.7 Å². The number of pyridine rings is 1. The maximum absolute atomic E-state index is 11.0. The number of hydrogen-bond donors (Lipinski definition) is 0. The number of carbonyl (C=O) groups is 2. The summed E-state index contributed by atoms with van der Waals surface area (Å²) in [6.45, 7) is 8.89. The van der Waals surface area contributed by atoms with Gasteiger partial charge in [0.15, 0.2) is 0 Å². The van der Waals surface area contributed by atoms with Crippen molar-refractivity contribution in [3.8, 4) is 35.2 Å². The van der Waals surface area contributed by atoms with E-state index in [0.717, 1.165) is 79.6 Å². The highest BCUT2D eigenvalue weighted by atomic mass is 16.5. The summed E-state index contributed by atoms with van der Waals surface area (Å²) in [5, 5.41) is 0. The van der Waals surface area contributed by atoms with Crippen LogP contribution in [0.3, 0.4) is 0 Å². The third-order valence-electron chi connectivity index (χ3n) is 6.59. The van der Waals surface area contributed by atoms with E-state index < -0.39 is 0 Å². The number of hydrogen-bond acceptors (Lipinski definition) is 7. The summed E-state index contributed by atoms with van der Waals surface area (Å²) < 4.78 is 21.6. The topological polar surface area (TPSA) is 84.0 Å². The molecule has 0 amide bonds. The lowest BCUT2D eigenvalue weighted by Crippen LogP contribution is -2.02. The van der Waals surface area contributed by atoms with E-state index in [1.807, 2.05) is 60.7 Å². The van der Waals surface area contributed by atoms with E-state index in [0.29, 0.717) is 32.1 Å². The Kier molecular flexibility index (Phi) is 16.4. The minimum absolute atomic E-state index is 0.374. The smallest absolute Gasteiger partial charge is 0.330 e. The lowest BCUT2D eigenvalue weighted by Gasteiger charge is -2.06. The predicted molar refractivity (Wildman–Crippen MR) is 179 cm³/mol. The molecule has 46 heavy (non-hydrogen) atoms. The minimum Gasteiger partial charge on any atom is -0.494 e. The molecule has 238 valence electrons. The van der Waals surface area contributed by atoms with Crippen molar-refractivity contribution in [2.75, 3.05) is 26.4 Å². The number of rotatable bonds is 18. The van der Waals surface area contributed by atoms with E-state index in [-0.39, 0.29) is 11.9 Å². The largest absolute Gasteiger partial charge is 0.494 e. The molecule has 0 spiro atoms. The molecule has 3 rings (SSSR count). The molecule has 3 aromatic rings. The van der Waals surface area contributed by atoms with E-state index in [2.05, 4.69) is 41.8 Å². The van der Waals surface area contributed by atoms with Gasteiger partial charge in [0.25, 0.3) is 0 Å². The van der Waals surface area contributed by atoms with Gasteiger partial charge in [-0.05, 0) is 118 Å². The first-order valence-corrected chi connectivity index (χ1v) is 15.6. The molecule has 0 bridgehead atoms. The molecule has 7 nitrogen and oxygen atoms in total. The van der Waals surface area contributed by atoms with Crippen LogP contribution in [-0.4, -0.2) is 43.4 Å². The van der Waals surface area contributed by atoms with Crippen molar-refractivity contribution in [1.82, 2.24) is 4.98 Å². The van der Waals surface area contributed by atoms with Crippen LogP contribution in [0.25, 0.3) is 0 Å². The number of nitrogens with zero attached hydrogens (tertiary/aromatic N) is 1. The summed E-state index contributed by atoms with van der Waals surface area (Å²) in [6.07, 6.45) is 11.6. The van der Waals surface area contributed by atoms with Gasteiger partial charge >= 0.3 is 11.9 Å². The molecule has 0 aliphatic carbocycles. The number of ether oxygens (including phenoxy) is 4. The van der Waals surface area contributed by atoms with E-state index >= 15 is 0 Å².